The van der Waals surface area contributed by atoms with Crippen LogP contribution in [0.3, 0.4) is 0 Å². The number of anilines is 2. The fourth-order valence-corrected chi connectivity index (χ4v) is 2.74. The molecular formula is C14H16BrN3O2S. The highest BCUT2D eigenvalue weighted by Gasteiger charge is 2.17. The van der Waals surface area contributed by atoms with Gasteiger partial charge in [0.05, 0.1) is 5.51 Å². The quantitative estimate of drug-likeness (QED) is 0.820. The Morgan fingerprint density at radius 1 is 1.38 bits per heavy atom. The molecule has 7 heteroatoms. The molecule has 0 aliphatic carbocycles. The molecule has 0 aliphatic rings. The number of nitrogens with zero attached hydrogens (tertiary/aromatic N) is 1. The van der Waals surface area contributed by atoms with E-state index in [4.69, 9.17) is 4.74 Å². The van der Waals surface area contributed by atoms with Gasteiger partial charge in [-0.05, 0) is 39.0 Å². The fraction of sp³-hybridized carbons (Fsp3) is 0.286. The SMILES string of the molecule is CC(C)(C)Nc1scnc1OC(=O)Nc1cccc(Br)c1. The van der Waals surface area contributed by atoms with Gasteiger partial charge in [-0.1, -0.05) is 22.0 Å². The van der Waals surface area contributed by atoms with Crippen molar-refractivity contribution in [3.63, 3.8) is 0 Å². The van der Waals surface area contributed by atoms with Gasteiger partial charge in [0.2, 0.25) is 0 Å². The molecule has 2 aromatic rings. The Morgan fingerprint density at radius 2 is 2.14 bits per heavy atom. The lowest BCUT2D eigenvalue weighted by molar-refractivity contribution is 0.214. The van der Waals surface area contributed by atoms with E-state index in [0.29, 0.717) is 5.69 Å². The highest BCUT2D eigenvalue weighted by molar-refractivity contribution is 9.10. The molecule has 0 bridgehead atoms. The van der Waals surface area contributed by atoms with Crippen LogP contribution in [0.25, 0.3) is 0 Å². The van der Waals surface area contributed by atoms with E-state index in [0.717, 1.165) is 9.47 Å². The number of carbonyl (C=O) groups excluding carboxylic acids is 1. The average molecular weight is 370 g/mol. The maximum absolute atomic E-state index is 11.9. The molecule has 0 radical (unpaired) electrons. The van der Waals surface area contributed by atoms with E-state index in [1.807, 2.05) is 32.9 Å². The Bertz CT molecular complexity index is 637. The molecule has 1 aromatic carbocycles. The zero-order valence-corrected chi connectivity index (χ0v) is 14.3. The summed E-state index contributed by atoms with van der Waals surface area (Å²) in [5.74, 6) is 0.280. The average Bonchev–Trinajstić information content (AvgIpc) is 2.74. The molecule has 0 saturated carbocycles. The van der Waals surface area contributed by atoms with E-state index < -0.39 is 6.09 Å². The molecule has 112 valence electrons. The van der Waals surface area contributed by atoms with Gasteiger partial charge in [0, 0.05) is 15.7 Å². The van der Waals surface area contributed by atoms with Gasteiger partial charge in [0.25, 0.3) is 5.88 Å². The van der Waals surface area contributed by atoms with Gasteiger partial charge in [-0.2, -0.15) is 0 Å². The number of thiazole rings is 1. The van der Waals surface area contributed by atoms with Crippen molar-refractivity contribution in [1.29, 1.82) is 0 Å². The maximum Gasteiger partial charge on any atom is 0.418 e. The lowest BCUT2D eigenvalue weighted by Gasteiger charge is -2.20. The van der Waals surface area contributed by atoms with E-state index in [1.54, 1.807) is 17.6 Å². The minimum absolute atomic E-state index is 0.134. The van der Waals surface area contributed by atoms with Crippen molar-refractivity contribution in [3.05, 3.63) is 34.2 Å². The molecule has 1 heterocycles. The van der Waals surface area contributed by atoms with Crippen molar-refractivity contribution >= 4 is 44.0 Å². The Morgan fingerprint density at radius 3 is 2.81 bits per heavy atom. The van der Waals surface area contributed by atoms with Gasteiger partial charge < -0.3 is 10.1 Å². The summed E-state index contributed by atoms with van der Waals surface area (Å²) in [4.78, 5) is 16.0. The van der Waals surface area contributed by atoms with Crippen LogP contribution in [0.2, 0.25) is 0 Å². The number of hydrogen-bond acceptors (Lipinski definition) is 5. The van der Waals surface area contributed by atoms with Crippen LogP contribution in [0.5, 0.6) is 5.88 Å². The Labute approximate surface area is 135 Å². The van der Waals surface area contributed by atoms with E-state index in [2.05, 4.69) is 31.5 Å². The third-order valence-corrected chi connectivity index (χ3v) is 3.50. The predicted octanol–water partition coefficient (Wildman–Crippen LogP) is 4.73. The molecule has 0 spiro atoms. The van der Waals surface area contributed by atoms with Gasteiger partial charge >= 0.3 is 6.09 Å². The Kier molecular flexibility index (Phi) is 4.84. The molecule has 0 atom stereocenters. The number of aromatic nitrogens is 1. The maximum atomic E-state index is 11.9. The van der Waals surface area contributed by atoms with Crippen LogP contribution < -0.4 is 15.4 Å². The fourth-order valence-electron chi connectivity index (χ4n) is 1.53. The summed E-state index contributed by atoms with van der Waals surface area (Å²) in [6, 6.07) is 7.27. The Hall–Kier alpha value is -1.60. The number of hydrogen-bond donors (Lipinski definition) is 2. The number of amides is 1. The highest BCUT2D eigenvalue weighted by atomic mass is 79.9. The first-order valence-corrected chi connectivity index (χ1v) is 7.97. The summed E-state index contributed by atoms with van der Waals surface area (Å²) in [6.07, 6.45) is -0.573. The molecule has 0 aliphatic heterocycles. The zero-order valence-electron chi connectivity index (χ0n) is 11.9. The van der Waals surface area contributed by atoms with Crippen molar-refractivity contribution in [2.24, 2.45) is 0 Å². The molecule has 21 heavy (non-hydrogen) atoms. The normalized spacial score (nSPS) is 11.0. The van der Waals surface area contributed by atoms with Gasteiger partial charge in [0.1, 0.15) is 0 Å². The summed E-state index contributed by atoms with van der Waals surface area (Å²) in [5.41, 5.74) is 2.15. The Balaban J connectivity index is 2.02. The second-order valence-corrected chi connectivity index (χ2v) is 7.16. The van der Waals surface area contributed by atoms with Gasteiger partial charge in [-0.3, -0.25) is 5.32 Å². The molecule has 5 nitrogen and oxygen atoms in total. The zero-order chi connectivity index (χ0) is 15.5. The third-order valence-electron chi connectivity index (χ3n) is 2.28. The van der Waals surface area contributed by atoms with Gasteiger partial charge in [-0.25, -0.2) is 9.78 Å². The number of benzene rings is 1. The van der Waals surface area contributed by atoms with E-state index in [1.165, 1.54) is 11.3 Å². The van der Waals surface area contributed by atoms with Crippen LogP contribution in [0, 0.1) is 0 Å². The number of carbonyl (C=O) groups is 1. The monoisotopic (exact) mass is 369 g/mol. The lowest BCUT2D eigenvalue weighted by Crippen LogP contribution is -2.26. The van der Waals surface area contributed by atoms with Crippen molar-refractivity contribution in [2.45, 2.75) is 26.3 Å². The van der Waals surface area contributed by atoms with Crippen LogP contribution >= 0.6 is 27.3 Å². The number of halogens is 1. The van der Waals surface area contributed by atoms with Crippen molar-refractivity contribution in [2.75, 3.05) is 10.6 Å². The summed E-state index contributed by atoms with van der Waals surface area (Å²) in [6.45, 7) is 6.08. The molecule has 0 unspecified atom stereocenters. The third kappa shape index (κ3) is 5.02. The smallest absolute Gasteiger partial charge is 0.388 e. The second-order valence-electron chi connectivity index (χ2n) is 5.39. The molecule has 2 N–H and O–H groups in total. The minimum atomic E-state index is -0.573. The van der Waals surface area contributed by atoms with Crippen LogP contribution in [0.15, 0.2) is 34.2 Å². The van der Waals surface area contributed by atoms with Crippen molar-refractivity contribution in [1.82, 2.24) is 4.98 Å². The standard InChI is InChI=1S/C14H16BrN3O2S/c1-14(2,3)18-12-11(16-8-21-12)20-13(19)17-10-6-4-5-9(15)7-10/h4-8,18H,1-3H3,(H,17,19). The molecule has 0 saturated heterocycles. The molecule has 1 aromatic heterocycles. The van der Waals surface area contributed by atoms with E-state index in [-0.39, 0.29) is 11.4 Å². The number of rotatable bonds is 3. The number of nitrogens with one attached hydrogen (secondary N) is 2. The van der Waals surface area contributed by atoms with Crippen LogP contribution in [0.1, 0.15) is 20.8 Å². The largest absolute Gasteiger partial charge is 0.418 e. The summed E-state index contributed by atoms with van der Waals surface area (Å²) < 4.78 is 6.13. The topological polar surface area (TPSA) is 63.3 Å². The predicted molar refractivity (Wildman–Crippen MR) is 89.3 cm³/mol. The first kappa shape index (κ1) is 15.8. The summed E-state index contributed by atoms with van der Waals surface area (Å²) in [5, 5.41) is 6.64. The second kappa shape index (κ2) is 6.44. The van der Waals surface area contributed by atoms with Crippen LogP contribution in [-0.4, -0.2) is 16.6 Å². The molecule has 2 rings (SSSR count). The molecule has 0 fully saturated rings. The summed E-state index contributed by atoms with van der Waals surface area (Å²) in [7, 11) is 0. The highest BCUT2D eigenvalue weighted by Crippen LogP contribution is 2.30. The van der Waals surface area contributed by atoms with E-state index in [9.17, 15) is 4.79 Å². The van der Waals surface area contributed by atoms with E-state index >= 15 is 0 Å². The van der Waals surface area contributed by atoms with Crippen LogP contribution in [-0.2, 0) is 0 Å². The van der Waals surface area contributed by atoms with Crippen molar-refractivity contribution in [3.8, 4) is 5.88 Å². The number of ether oxygens (including phenoxy) is 1. The molecule has 1 amide bonds. The summed E-state index contributed by atoms with van der Waals surface area (Å²) >= 11 is 4.74. The first-order valence-electron chi connectivity index (χ1n) is 6.29. The lowest BCUT2D eigenvalue weighted by atomic mass is 10.1. The first-order chi connectivity index (χ1) is 9.83. The van der Waals surface area contributed by atoms with Crippen molar-refractivity contribution < 1.29 is 9.53 Å². The van der Waals surface area contributed by atoms with Crippen LogP contribution in [0.4, 0.5) is 15.5 Å². The molecular weight excluding hydrogens is 354 g/mol. The van der Waals surface area contributed by atoms with Gasteiger partial charge in [0.15, 0.2) is 5.00 Å². The minimum Gasteiger partial charge on any atom is -0.388 e. The van der Waals surface area contributed by atoms with Gasteiger partial charge in [-0.15, -0.1) is 11.3 Å².